The number of hydrogen-bond donors (Lipinski definition) is 1. The molecule has 1 atom stereocenters. The summed E-state index contributed by atoms with van der Waals surface area (Å²) >= 11 is 0. The molecule has 1 saturated heterocycles. The van der Waals surface area contributed by atoms with Crippen molar-refractivity contribution < 1.29 is 13.7 Å². The average molecular weight is 380 g/mol. The van der Waals surface area contributed by atoms with Crippen molar-refractivity contribution in [2.45, 2.75) is 25.3 Å². The molecule has 2 aromatic carbocycles. The van der Waals surface area contributed by atoms with Gasteiger partial charge in [-0.1, -0.05) is 35.5 Å². The van der Waals surface area contributed by atoms with Gasteiger partial charge in [0.15, 0.2) is 0 Å². The number of aromatic nitrogens is 2. The van der Waals surface area contributed by atoms with E-state index in [0.29, 0.717) is 36.9 Å². The largest absolute Gasteiger partial charge is 0.339 e. The van der Waals surface area contributed by atoms with Crippen LogP contribution in [0.25, 0.3) is 11.4 Å². The van der Waals surface area contributed by atoms with Crippen LogP contribution < -0.4 is 5.32 Å². The fourth-order valence-electron chi connectivity index (χ4n) is 3.37. The van der Waals surface area contributed by atoms with Gasteiger partial charge >= 0.3 is 6.03 Å². The van der Waals surface area contributed by atoms with Gasteiger partial charge in [-0.25, -0.2) is 9.18 Å². The van der Waals surface area contributed by atoms with Crippen molar-refractivity contribution in [2.75, 3.05) is 13.1 Å². The molecule has 1 fully saturated rings. The maximum absolute atomic E-state index is 13.1. The molecule has 144 valence electrons. The van der Waals surface area contributed by atoms with Crippen molar-refractivity contribution >= 4 is 6.03 Å². The molecule has 0 bridgehead atoms. The molecule has 28 heavy (non-hydrogen) atoms. The first-order valence-corrected chi connectivity index (χ1v) is 9.35. The summed E-state index contributed by atoms with van der Waals surface area (Å²) in [5.74, 6) is 0.635. The SMILES string of the molecule is O=C(NCc1ccccc1)N1CCCC(c2nc(-c3ccc(F)cc3)no2)C1. The monoisotopic (exact) mass is 380 g/mol. The Morgan fingerprint density at radius 3 is 2.75 bits per heavy atom. The highest BCUT2D eigenvalue weighted by molar-refractivity contribution is 5.74. The van der Waals surface area contributed by atoms with Crippen molar-refractivity contribution in [2.24, 2.45) is 0 Å². The van der Waals surface area contributed by atoms with Crippen molar-refractivity contribution in [3.05, 3.63) is 71.9 Å². The van der Waals surface area contributed by atoms with E-state index < -0.39 is 0 Å². The molecule has 0 spiro atoms. The van der Waals surface area contributed by atoms with Crippen LogP contribution in [0.3, 0.4) is 0 Å². The lowest BCUT2D eigenvalue weighted by Crippen LogP contribution is -2.44. The lowest BCUT2D eigenvalue weighted by Gasteiger charge is -2.31. The third kappa shape index (κ3) is 4.19. The maximum Gasteiger partial charge on any atom is 0.317 e. The molecular formula is C21H21FN4O2. The van der Waals surface area contributed by atoms with Crippen LogP contribution in [0.5, 0.6) is 0 Å². The van der Waals surface area contributed by atoms with Crippen LogP contribution >= 0.6 is 0 Å². The highest BCUT2D eigenvalue weighted by Gasteiger charge is 2.28. The number of piperidine rings is 1. The predicted octanol–water partition coefficient (Wildman–Crippen LogP) is 3.96. The predicted molar refractivity (Wildman–Crippen MR) is 102 cm³/mol. The summed E-state index contributed by atoms with van der Waals surface area (Å²) in [6.45, 7) is 1.73. The van der Waals surface area contributed by atoms with Crippen LogP contribution in [0, 0.1) is 5.82 Å². The summed E-state index contributed by atoms with van der Waals surface area (Å²) in [4.78, 5) is 18.8. The van der Waals surface area contributed by atoms with Gasteiger partial charge in [0.05, 0.1) is 5.92 Å². The topological polar surface area (TPSA) is 71.3 Å². The number of nitrogens with one attached hydrogen (secondary N) is 1. The number of hydrogen-bond acceptors (Lipinski definition) is 4. The highest BCUT2D eigenvalue weighted by atomic mass is 19.1. The lowest BCUT2D eigenvalue weighted by molar-refractivity contribution is 0.171. The fourth-order valence-corrected chi connectivity index (χ4v) is 3.37. The standard InChI is InChI=1S/C21H21FN4O2/c22-18-10-8-16(9-11-18)19-24-20(28-25-19)17-7-4-12-26(14-17)21(27)23-13-15-5-2-1-3-6-15/h1-3,5-6,8-11,17H,4,7,12-14H2,(H,23,27). The maximum atomic E-state index is 13.1. The van der Waals surface area contributed by atoms with Gasteiger partial charge < -0.3 is 14.7 Å². The van der Waals surface area contributed by atoms with Gasteiger partial charge in [-0.3, -0.25) is 0 Å². The van der Waals surface area contributed by atoms with Crippen molar-refractivity contribution in [1.82, 2.24) is 20.4 Å². The van der Waals surface area contributed by atoms with Crippen molar-refractivity contribution in [3.8, 4) is 11.4 Å². The molecular weight excluding hydrogens is 359 g/mol. The number of benzene rings is 2. The smallest absolute Gasteiger partial charge is 0.317 e. The number of carbonyl (C=O) groups is 1. The number of amides is 2. The summed E-state index contributed by atoms with van der Waals surface area (Å²) < 4.78 is 18.5. The Labute approximate surface area is 162 Å². The Kier molecular flexibility index (Phi) is 5.32. The van der Waals surface area contributed by atoms with E-state index in [0.717, 1.165) is 18.4 Å². The van der Waals surface area contributed by atoms with Gasteiger partial charge in [-0.2, -0.15) is 4.98 Å². The summed E-state index contributed by atoms with van der Waals surface area (Å²) in [5, 5.41) is 6.97. The lowest BCUT2D eigenvalue weighted by atomic mass is 9.98. The average Bonchev–Trinajstić information content (AvgIpc) is 3.24. The van der Waals surface area contributed by atoms with E-state index in [2.05, 4.69) is 15.5 Å². The molecule has 6 nitrogen and oxygen atoms in total. The third-order valence-electron chi connectivity index (χ3n) is 4.89. The van der Waals surface area contributed by atoms with E-state index in [1.807, 2.05) is 30.3 Å². The molecule has 1 aliphatic rings. The molecule has 2 amide bonds. The van der Waals surface area contributed by atoms with E-state index in [-0.39, 0.29) is 17.8 Å². The van der Waals surface area contributed by atoms with E-state index in [4.69, 9.17) is 4.52 Å². The van der Waals surface area contributed by atoms with Crippen LogP contribution in [-0.4, -0.2) is 34.2 Å². The van der Waals surface area contributed by atoms with Gasteiger partial charge in [-0.05, 0) is 42.7 Å². The second-order valence-corrected chi connectivity index (χ2v) is 6.89. The summed E-state index contributed by atoms with van der Waals surface area (Å²) in [7, 11) is 0. The molecule has 1 N–H and O–H groups in total. The molecule has 1 aliphatic heterocycles. The highest BCUT2D eigenvalue weighted by Crippen LogP contribution is 2.27. The third-order valence-corrected chi connectivity index (χ3v) is 4.89. The molecule has 1 aromatic heterocycles. The van der Waals surface area contributed by atoms with E-state index in [1.165, 1.54) is 12.1 Å². The second kappa shape index (κ2) is 8.21. The molecule has 7 heteroatoms. The number of carbonyl (C=O) groups excluding carboxylic acids is 1. The molecule has 0 aliphatic carbocycles. The zero-order valence-corrected chi connectivity index (χ0v) is 15.3. The quantitative estimate of drug-likeness (QED) is 0.744. The van der Waals surface area contributed by atoms with Crippen LogP contribution in [0.4, 0.5) is 9.18 Å². The minimum Gasteiger partial charge on any atom is -0.339 e. The van der Waals surface area contributed by atoms with Gasteiger partial charge in [-0.15, -0.1) is 0 Å². The van der Waals surface area contributed by atoms with E-state index >= 15 is 0 Å². The number of halogens is 1. The zero-order valence-electron chi connectivity index (χ0n) is 15.3. The minimum absolute atomic E-state index is 0.00192. The number of nitrogens with zero attached hydrogens (tertiary/aromatic N) is 3. The number of urea groups is 1. The molecule has 2 heterocycles. The van der Waals surface area contributed by atoms with Crippen LogP contribution in [0.1, 0.15) is 30.2 Å². The summed E-state index contributed by atoms with van der Waals surface area (Å²) in [5.41, 5.74) is 1.76. The van der Waals surface area contributed by atoms with Gasteiger partial charge in [0.25, 0.3) is 0 Å². The van der Waals surface area contributed by atoms with Gasteiger partial charge in [0.2, 0.25) is 11.7 Å². The Bertz CT molecular complexity index is 927. The Hall–Kier alpha value is -3.22. The second-order valence-electron chi connectivity index (χ2n) is 6.89. The summed E-state index contributed by atoms with van der Waals surface area (Å²) in [6, 6.07) is 15.7. The minimum atomic E-state index is -0.308. The Morgan fingerprint density at radius 2 is 1.96 bits per heavy atom. The van der Waals surface area contributed by atoms with Gasteiger partial charge in [0, 0.05) is 25.2 Å². The first kappa shape index (κ1) is 18.2. The first-order valence-electron chi connectivity index (χ1n) is 9.35. The van der Waals surface area contributed by atoms with Gasteiger partial charge in [0.1, 0.15) is 5.82 Å². The fraction of sp³-hybridized carbons (Fsp3) is 0.286. The van der Waals surface area contributed by atoms with Crippen LogP contribution in [-0.2, 0) is 6.54 Å². The Balaban J connectivity index is 1.38. The number of rotatable bonds is 4. The Morgan fingerprint density at radius 1 is 1.18 bits per heavy atom. The molecule has 4 rings (SSSR count). The van der Waals surface area contributed by atoms with Crippen LogP contribution in [0.2, 0.25) is 0 Å². The van der Waals surface area contributed by atoms with E-state index in [1.54, 1.807) is 17.0 Å². The summed E-state index contributed by atoms with van der Waals surface area (Å²) in [6.07, 6.45) is 1.76. The zero-order chi connectivity index (χ0) is 19.3. The van der Waals surface area contributed by atoms with E-state index in [9.17, 15) is 9.18 Å². The molecule has 3 aromatic rings. The van der Waals surface area contributed by atoms with Crippen molar-refractivity contribution in [3.63, 3.8) is 0 Å². The normalized spacial score (nSPS) is 16.8. The number of likely N-dealkylation sites (tertiary alicyclic amines) is 1. The first-order chi connectivity index (χ1) is 13.7. The molecule has 1 unspecified atom stereocenters. The van der Waals surface area contributed by atoms with Crippen LogP contribution in [0.15, 0.2) is 59.1 Å². The molecule has 0 radical (unpaired) electrons. The van der Waals surface area contributed by atoms with Crippen molar-refractivity contribution in [1.29, 1.82) is 0 Å². The molecule has 0 saturated carbocycles.